The third kappa shape index (κ3) is 2.03. The second kappa shape index (κ2) is 4.64. The van der Waals surface area contributed by atoms with Crippen LogP contribution in [0.5, 0.6) is 5.75 Å². The number of hydrogen-bond acceptors (Lipinski definition) is 1. The van der Waals surface area contributed by atoms with E-state index in [1.165, 1.54) is 6.20 Å². The largest absolute Gasteiger partial charge is 0.508 e. The van der Waals surface area contributed by atoms with Crippen LogP contribution < -0.4 is 0 Å². The predicted molar refractivity (Wildman–Crippen MR) is 81.0 cm³/mol. The van der Waals surface area contributed by atoms with Gasteiger partial charge in [-0.3, -0.25) is 0 Å². The molecule has 2 aromatic carbocycles. The Labute approximate surface area is 121 Å². The molecule has 3 rings (SSSR count). The van der Waals surface area contributed by atoms with Crippen LogP contribution >= 0.6 is 0 Å². The highest BCUT2D eigenvalue weighted by atomic mass is 19.1. The van der Waals surface area contributed by atoms with Crippen LogP contribution in [0.3, 0.4) is 0 Å². The molecule has 0 radical (unpaired) electrons. The molecule has 1 aromatic heterocycles. The van der Waals surface area contributed by atoms with Crippen LogP contribution in [-0.2, 0) is 7.05 Å². The summed E-state index contributed by atoms with van der Waals surface area (Å²) in [6.45, 7) is 9.00. The average molecular weight is 280 g/mol. The number of rotatable bonds is 1. The summed E-state index contributed by atoms with van der Waals surface area (Å²) < 4.78 is 15.9. The zero-order valence-corrected chi connectivity index (χ0v) is 11.7. The summed E-state index contributed by atoms with van der Waals surface area (Å²) in [6, 6.07) is 8.53. The summed E-state index contributed by atoms with van der Waals surface area (Å²) in [6.07, 6.45) is 1.40. The van der Waals surface area contributed by atoms with E-state index in [-0.39, 0.29) is 11.6 Å². The van der Waals surface area contributed by atoms with Crippen LogP contribution in [0.4, 0.5) is 10.1 Å². The molecule has 21 heavy (non-hydrogen) atoms. The Bertz CT molecular complexity index is 903. The molecule has 0 amide bonds. The number of phenolic OH excluding ortho intramolecular Hbond substituents is 1. The highest BCUT2D eigenvalue weighted by molar-refractivity contribution is 5.99. The third-order valence-electron chi connectivity index (χ3n) is 3.68. The molecule has 0 unspecified atom stereocenters. The lowest BCUT2D eigenvalue weighted by atomic mass is 9.99. The monoisotopic (exact) mass is 280 g/mol. The van der Waals surface area contributed by atoms with Crippen LogP contribution in [0, 0.1) is 19.3 Å². The van der Waals surface area contributed by atoms with Crippen molar-refractivity contribution in [2.75, 3.05) is 0 Å². The van der Waals surface area contributed by atoms with Crippen LogP contribution in [-0.4, -0.2) is 9.67 Å². The molecule has 0 aliphatic heterocycles. The standard InChI is InChI=1S/C17H13FN2O/c1-10-4-5-11(6-16(10)21)13-7-12(19-2)8-15-17(13)14(18)9-20(15)3/h4-9,21H,1,3H3. The Morgan fingerprint density at radius 2 is 2.00 bits per heavy atom. The predicted octanol–water partition coefficient (Wildman–Crippen LogP) is 4.55. The highest BCUT2D eigenvalue weighted by Crippen LogP contribution is 2.37. The summed E-state index contributed by atoms with van der Waals surface area (Å²) in [5, 5.41) is 10.3. The summed E-state index contributed by atoms with van der Waals surface area (Å²) in [5.74, 6) is -0.177. The fourth-order valence-electron chi connectivity index (χ4n) is 2.51. The van der Waals surface area contributed by atoms with Crippen LogP contribution in [0.15, 0.2) is 36.5 Å². The van der Waals surface area contributed by atoms with E-state index < -0.39 is 0 Å². The first-order chi connectivity index (χ1) is 10.0. The molecule has 1 N–H and O–H groups in total. The van der Waals surface area contributed by atoms with Crippen molar-refractivity contribution in [1.29, 1.82) is 0 Å². The maximum absolute atomic E-state index is 14.2. The number of halogens is 1. The van der Waals surface area contributed by atoms with Crippen molar-refractivity contribution in [3.63, 3.8) is 0 Å². The average Bonchev–Trinajstić information content (AvgIpc) is 2.76. The van der Waals surface area contributed by atoms with Gasteiger partial charge >= 0.3 is 0 Å². The van der Waals surface area contributed by atoms with Crippen molar-refractivity contribution in [1.82, 2.24) is 4.57 Å². The molecule has 0 spiro atoms. The third-order valence-corrected chi connectivity index (χ3v) is 3.68. The van der Waals surface area contributed by atoms with Gasteiger partial charge in [-0.15, -0.1) is 0 Å². The van der Waals surface area contributed by atoms with Gasteiger partial charge in [0, 0.05) is 24.1 Å². The highest BCUT2D eigenvalue weighted by Gasteiger charge is 2.14. The summed E-state index contributed by atoms with van der Waals surface area (Å²) in [7, 11) is 1.75. The normalized spacial score (nSPS) is 10.8. The van der Waals surface area contributed by atoms with Crippen molar-refractivity contribution < 1.29 is 9.50 Å². The van der Waals surface area contributed by atoms with Crippen molar-refractivity contribution in [2.24, 2.45) is 7.05 Å². The summed E-state index contributed by atoms with van der Waals surface area (Å²) >= 11 is 0. The lowest BCUT2D eigenvalue weighted by Crippen LogP contribution is -1.86. The number of fused-ring (bicyclic) bond motifs is 1. The van der Waals surface area contributed by atoms with Gasteiger partial charge in [-0.1, -0.05) is 12.1 Å². The van der Waals surface area contributed by atoms with Crippen molar-refractivity contribution in [3.05, 3.63) is 59.3 Å². The number of aromatic nitrogens is 1. The molecular weight excluding hydrogens is 267 g/mol. The Kier molecular flexibility index (Phi) is 2.91. The zero-order valence-electron chi connectivity index (χ0n) is 11.7. The van der Waals surface area contributed by atoms with E-state index in [4.69, 9.17) is 6.57 Å². The minimum Gasteiger partial charge on any atom is -0.508 e. The van der Waals surface area contributed by atoms with E-state index in [1.807, 2.05) is 6.07 Å². The van der Waals surface area contributed by atoms with Crippen LogP contribution in [0.25, 0.3) is 26.9 Å². The molecular formula is C17H13FN2O. The SMILES string of the molecule is [C-]#[N+]c1cc(-c2ccc(C)c(O)c2)c2c(F)cn(C)c2c1. The van der Waals surface area contributed by atoms with E-state index in [0.29, 0.717) is 27.7 Å². The van der Waals surface area contributed by atoms with E-state index in [2.05, 4.69) is 4.85 Å². The fourth-order valence-corrected chi connectivity index (χ4v) is 2.51. The number of nitrogens with zero attached hydrogens (tertiary/aromatic N) is 2. The van der Waals surface area contributed by atoms with Crippen molar-refractivity contribution >= 4 is 16.6 Å². The Morgan fingerprint density at radius 3 is 2.67 bits per heavy atom. The second-order valence-corrected chi connectivity index (χ2v) is 5.09. The van der Waals surface area contributed by atoms with Gasteiger partial charge in [0.1, 0.15) is 11.6 Å². The first kappa shape index (κ1) is 13.2. The number of phenols is 1. The quantitative estimate of drug-likeness (QED) is 0.651. The molecule has 104 valence electrons. The van der Waals surface area contributed by atoms with E-state index in [0.717, 1.165) is 5.56 Å². The molecule has 0 aliphatic carbocycles. The molecule has 0 aliphatic rings. The van der Waals surface area contributed by atoms with E-state index >= 15 is 0 Å². The lowest BCUT2D eigenvalue weighted by molar-refractivity contribution is 0.471. The minimum atomic E-state index is -0.334. The fraction of sp³-hybridized carbons (Fsp3) is 0.118. The molecule has 0 saturated carbocycles. The van der Waals surface area contributed by atoms with Gasteiger partial charge in [0.05, 0.1) is 6.57 Å². The molecule has 3 aromatic rings. The van der Waals surface area contributed by atoms with Gasteiger partial charge in [0.15, 0.2) is 5.69 Å². The van der Waals surface area contributed by atoms with E-state index in [1.54, 1.807) is 42.8 Å². The van der Waals surface area contributed by atoms with Crippen molar-refractivity contribution in [3.8, 4) is 16.9 Å². The molecule has 0 bridgehead atoms. The number of benzene rings is 2. The molecule has 1 heterocycles. The lowest BCUT2D eigenvalue weighted by Gasteiger charge is -2.08. The summed E-state index contributed by atoms with van der Waals surface area (Å²) in [4.78, 5) is 3.45. The number of aromatic hydroxyl groups is 1. The van der Waals surface area contributed by atoms with Gasteiger partial charge < -0.3 is 9.67 Å². The van der Waals surface area contributed by atoms with Gasteiger partial charge in [-0.05, 0) is 41.8 Å². The van der Waals surface area contributed by atoms with Gasteiger partial charge in [0.2, 0.25) is 0 Å². The molecule has 0 saturated heterocycles. The summed E-state index contributed by atoms with van der Waals surface area (Å²) in [5.41, 5.74) is 3.17. The second-order valence-electron chi connectivity index (χ2n) is 5.09. The maximum Gasteiger partial charge on any atom is 0.189 e. The molecule has 4 heteroatoms. The first-order valence-electron chi connectivity index (χ1n) is 6.47. The zero-order chi connectivity index (χ0) is 15.1. The van der Waals surface area contributed by atoms with Crippen LogP contribution in [0.2, 0.25) is 0 Å². The van der Waals surface area contributed by atoms with Crippen molar-refractivity contribution in [2.45, 2.75) is 6.92 Å². The topological polar surface area (TPSA) is 29.5 Å². The molecule has 3 nitrogen and oxygen atoms in total. The maximum atomic E-state index is 14.2. The Morgan fingerprint density at radius 1 is 1.24 bits per heavy atom. The minimum absolute atomic E-state index is 0.158. The van der Waals surface area contributed by atoms with Crippen LogP contribution in [0.1, 0.15) is 5.56 Å². The van der Waals surface area contributed by atoms with Gasteiger partial charge in [-0.2, -0.15) is 0 Å². The number of hydrogen-bond donors (Lipinski definition) is 1. The Hall–Kier alpha value is -2.80. The smallest absolute Gasteiger partial charge is 0.189 e. The number of aryl methyl sites for hydroxylation is 2. The Balaban J connectivity index is 2.40. The molecule has 0 atom stereocenters. The van der Waals surface area contributed by atoms with Gasteiger partial charge in [0.25, 0.3) is 0 Å². The van der Waals surface area contributed by atoms with E-state index in [9.17, 15) is 9.50 Å². The molecule has 0 fully saturated rings. The first-order valence-corrected chi connectivity index (χ1v) is 6.47. The van der Waals surface area contributed by atoms with Gasteiger partial charge in [-0.25, -0.2) is 9.24 Å².